The van der Waals surface area contributed by atoms with Crippen LogP contribution in [0.4, 0.5) is 19.0 Å². The fraction of sp³-hybridized carbons (Fsp3) is 0.467. The Bertz CT molecular complexity index is 1340. The van der Waals surface area contributed by atoms with Crippen molar-refractivity contribution in [3.63, 3.8) is 0 Å². The fourth-order valence-electron chi connectivity index (χ4n) is 6.22. The summed E-state index contributed by atoms with van der Waals surface area (Å²) in [5.74, 6) is 1.07. The van der Waals surface area contributed by atoms with E-state index in [9.17, 15) is 8.78 Å². The maximum atomic E-state index is 15.1. The minimum absolute atomic E-state index is 0.113. The van der Waals surface area contributed by atoms with Gasteiger partial charge in [-0.15, -0.1) is 0 Å². The van der Waals surface area contributed by atoms with Crippen LogP contribution in [0.15, 0.2) is 48.9 Å². The van der Waals surface area contributed by atoms with Gasteiger partial charge in [-0.25, -0.2) is 23.1 Å². The van der Waals surface area contributed by atoms with Gasteiger partial charge in [-0.05, 0) is 74.1 Å². The molecule has 4 heterocycles. The lowest BCUT2D eigenvalue weighted by molar-refractivity contribution is -0.0430. The van der Waals surface area contributed by atoms with Gasteiger partial charge in [-0.2, -0.15) is 0 Å². The molecule has 0 amide bonds. The molecule has 0 unspecified atom stereocenters. The van der Waals surface area contributed by atoms with Gasteiger partial charge in [0, 0.05) is 56.9 Å². The van der Waals surface area contributed by atoms with Crippen LogP contribution < -0.4 is 9.64 Å². The van der Waals surface area contributed by atoms with Crippen molar-refractivity contribution in [1.82, 2.24) is 14.9 Å². The predicted octanol–water partition coefficient (Wildman–Crippen LogP) is 5.97. The second kappa shape index (κ2) is 10.1. The topological polar surface area (TPSA) is 50.7 Å². The molecule has 2 aromatic carbocycles. The molecule has 1 aromatic heterocycles. The molecule has 6 nitrogen and oxygen atoms in total. The number of hydrogen-bond donors (Lipinski definition) is 0. The van der Waals surface area contributed by atoms with E-state index in [0.717, 1.165) is 70.8 Å². The number of anilines is 1. The highest BCUT2D eigenvalue weighted by Gasteiger charge is 2.52. The van der Waals surface area contributed by atoms with Crippen LogP contribution in [-0.2, 0) is 10.4 Å². The summed E-state index contributed by atoms with van der Waals surface area (Å²) in [5.41, 5.74) is -0.783. The van der Waals surface area contributed by atoms with Crippen LogP contribution in [0.1, 0.15) is 32.3 Å². The van der Waals surface area contributed by atoms with Crippen LogP contribution in [0, 0.1) is 23.0 Å². The van der Waals surface area contributed by atoms with Crippen LogP contribution in [0.25, 0.3) is 11.1 Å². The zero-order valence-electron chi connectivity index (χ0n) is 22.3. The Labute approximate surface area is 226 Å². The number of alkyl halides is 1. The molecule has 3 aliphatic rings. The molecule has 3 fully saturated rings. The number of ether oxygens (including phenoxy) is 2. The van der Waals surface area contributed by atoms with Gasteiger partial charge in [-0.3, -0.25) is 0 Å². The first-order chi connectivity index (χ1) is 18.7. The largest absolute Gasteiger partial charge is 0.451 e. The Hall–Kier alpha value is -3.17. The molecule has 0 saturated carbocycles. The maximum Gasteiger partial charge on any atom is 0.188 e. The lowest BCUT2D eigenvalue weighted by atomic mass is 9.72. The molecule has 6 rings (SSSR count). The Kier molecular flexibility index (Phi) is 6.75. The number of hydrogen-bond acceptors (Lipinski definition) is 6. The third kappa shape index (κ3) is 5.34. The average molecular weight is 539 g/mol. The van der Waals surface area contributed by atoms with Crippen molar-refractivity contribution in [2.75, 3.05) is 50.8 Å². The molecule has 0 radical (unpaired) electrons. The van der Waals surface area contributed by atoms with Gasteiger partial charge in [0.25, 0.3) is 0 Å². The SMILES string of the molecule is CC(C)(F)c1cc(F)ccc1-c1cc(F)ccc1Oc1cncnc1N1CC2(CN(CC3CCOCC3)C2)C1. The maximum absolute atomic E-state index is 15.1. The molecule has 0 atom stereocenters. The number of benzene rings is 2. The van der Waals surface area contributed by atoms with E-state index >= 15 is 4.39 Å². The summed E-state index contributed by atoms with van der Waals surface area (Å²) in [6.45, 7) is 9.49. The molecule has 3 aliphatic heterocycles. The van der Waals surface area contributed by atoms with Gasteiger partial charge < -0.3 is 19.3 Å². The van der Waals surface area contributed by atoms with Crippen molar-refractivity contribution >= 4 is 5.82 Å². The third-order valence-corrected chi connectivity index (χ3v) is 8.06. The number of nitrogens with zero attached hydrogens (tertiary/aromatic N) is 4. The van der Waals surface area contributed by atoms with Crippen molar-refractivity contribution in [2.24, 2.45) is 11.3 Å². The number of likely N-dealkylation sites (tertiary alicyclic amines) is 1. The molecule has 39 heavy (non-hydrogen) atoms. The van der Waals surface area contributed by atoms with E-state index in [0.29, 0.717) is 28.4 Å². The molecule has 9 heteroatoms. The molecular formula is C30H33F3N4O2. The summed E-state index contributed by atoms with van der Waals surface area (Å²) in [7, 11) is 0. The lowest BCUT2D eigenvalue weighted by Gasteiger charge is -2.61. The van der Waals surface area contributed by atoms with E-state index in [1.54, 1.807) is 6.20 Å². The van der Waals surface area contributed by atoms with Gasteiger partial charge in [0.05, 0.1) is 6.20 Å². The number of halogens is 3. The highest BCUT2D eigenvalue weighted by molar-refractivity contribution is 5.75. The zero-order chi connectivity index (χ0) is 27.2. The normalized spacial score (nSPS) is 19.6. The fourth-order valence-corrected chi connectivity index (χ4v) is 6.22. The van der Waals surface area contributed by atoms with E-state index in [2.05, 4.69) is 19.8 Å². The Morgan fingerprint density at radius 2 is 1.69 bits per heavy atom. The second-order valence-electron chi connectivity index (χ2n) is 11.7. The summed E-state index contributed by atoms with van der Waals surface area (Å²) < 4.78 is 55.3. The van der Waals surface area contributed by atoms with E-state index < -0.39 is 17.3 Å². The molecule has 0 N–H and O–H groups in total. The van der Waals surface area contributed by atoms with Crippen molar-refractivity contribution in [1.29, 1.82) is 0 Å². The van der Waals surface area contributed by atoms with E-state index in [1.807, 2.05) is 0 Å². The van der Waals surface area contributed by atoms with Gasteiger partial charge in [0.2, 0.25) is 0 Å². The molecule has 0 aliphatic carbocycles. The van der Waals surface area contributed by atoms with Gasteiger partial charge in [0.1, 0.15) is 29.4 Å². The highest BCUT2D eigenvalue weighted by Crippen LogP contribution is 2.46. The van der Waals surface area contributed by atoms with Crippen LogP contribution in [-0.4, -0.2) is 60.8 Å². The third-order valence-electron chi connectivity index (χ3n) is 8.06. The summed E-state index contributed by atoms with van der Waals surface area (Å²) in [5, 5.41) is 0. The lowest BCUT2D eigenvalue weighted by Crippen LogP contribution is -2.72. The number of rotatable bonds is 7. The van der Waals surface area contributed by atoms with Gasteiger partial charge >= 0.3 is 0 Å². The summed E-state index contributed by atoms with van der Waals surface area (Å²) in [6, 6.07) is 7.90. The monoisotopic (exact) mass is 538 g/mol. The minimum atomic E-state index is -1.85. The molecule has 1 spiro atoms. The highest BCUT2D eigenvalue weighted by atomic mass is 19.1. The van der Waals surface area contributed by atoms with Crippen LogP contribution in [0.3, 0.4) is 0 Å². The smallest absolute Gasteiger partial charge is 0.188 e. The molecular weight excluding hydrogens is 505 g/mol. The van der Waals surface area contributed by atoms with Crippen LogP contribution in [0.2, 0.25) is 0 Å². The zero-order valence-corrected chi connectivity index (χ0v) is 22.3. The standard InChI is InChI=1S/C30H33F3N4O2/c1-29(2,33)25-12-22(32)3-5-23(25)24-11-21(31)4-6-26(24)39-27-13-34-19-35-28(27)37-17-30(18-37)15-36(16-30)14-20-7-9-38-10-8-20/h3-6,11-13,19-20H,7-10,14-18H2,1-2H3. The van der Waals surface area contributed by atoms with E-state index in [4.69, 9.17) is 9.47 Å². The summed E-state index contributed by atoms with van der Waals surface area (Å²) in [6.07, 6.45) is 5.36. The quantitative estimate of drug-likeness (QED) is 0.370. The van der Waals surface area contributed by atoms with Crippen molar-refractivity contribution < 1.29 is 22.6 Å². The van der Waals surface area contributed by atoms with Crippen LogP contribution >= 0.6 is 0 Å². The first kappa shape index (κ1) is 26.1. The van der Waals surface area contributed by atoms with Crippen LogP contribution in [0.5, 0.6) is 11.5 Å². The first-order valence-corrected chi connectivity index (χ1v) is 13.5. The Morgan fingerprint density at radius 1 is 0.974 bits per heavy atom. The second-order valence-corrected chi connectivity index (χ2v) is 11.7. The Balaban J connectivity index is 1.20. The van der Waals surface area contributed by atoms with Gasteiger partial charge in [0.15, 0.2) is 11.6 Å². The summed E-state index contributed by atoms with van der Waals surface area (Å²) in [4.78, 5) is 13.4. The molecule has 206 valence electrons. The van der Waals surface area contributed by atoms with Gasteiger partial charge in [-0.1, -0.05) is 6.07 Å². The predicted molar refractivity (Wildman–Crippen MR) is 143 cm³/mol. The minimum Gasteiger partial charge on any atom is -0.451 e. The van der Waals surface area contributed by atoms with Crippen molar-refractivity contribution in [3.8, 4) is 22.6 Å². The van der Waals surface area contributed by atoms with Crippen molar-refractivity contribution in [3.05, 3.63) is 66.1 Å². The Morgan fingerprint density at radius 3 is 2.44 bits per heavy atom. The van der Waals surface area contributed by atoms with E-state index in [-0.39, 0.29) is 11.0 Å². The molecule has 3 aromatic rings. The first-order valence-electron chi connectivity index (χ1n) is 13.5. The summed E-state index contributed by atoms with van der Waals surface area (Å²) >= 11 is 0. The molecule has 3 saturated heterocycles. The average Bonchev–Trinajstić information content (AvgIpc) is 2.86. The number of aromatic nitrogens is 2. The van der Waals surface area contributed by atoms with Crippen molar-refractivity contribution in [2.45, 2.75) is 32.4 Å². The van der Waals surface area contributed by atoms with E-state index in [1.165, 1.54) is 50.5 Å². The molecule has 0 bridgehead atoms.